The largest absolute Gasteiger partial charge is 0.399 e. The average Bonchev–Trinajstić information content (AvgIpc) is 2.95. The first-order valence-corrected chi connectivity index (χ1v) is 6.30. The summed E-state index contributed by atoms with van der Waals surface area (Å²) in [6.07, 6.45) is 0. The van der Waals surface area contributed by atoms with Crippen molar-refractivity contribution in [2.24, 2.45) is 0 Å². The number of anilines is 2. The SMILES string of the molecule is Cc1nnc(NC(=O)c2n[nH]c3ccc(N)cc23)s1. The molecule has 0 fully saturated rings. The van der Waals surface area contributed by atoms with Crippen LogP contribution in [0.2, 0.25) is 0 Å². The van der Waals surface area contributed by atoms with E-state index in [1.807, 2.05) is 6.92 Å². The molecular formula is C11H10N6OS. The fraction of sp³-hybridized carbons (Fsp3) is 0.0909. The van der Waals surface area contributed by atoms with Gasteiger partial charge in [0, 0.05) is 11.1 Å². The summed E-state index contributed by atoms with van der Waals surface area (Å²) >= 11 is 1.31. The van der Waals surface area contributed by atoms with E-state index in [-0.39, 0.29) is 11.6 Å². The second kappa shape index (κ2) is 4.32. The summed E-state index contributed by atoms with van der Waals surface area (Å²) < 4.78 is 0. The lowest BCUT2D eigenvalue weighted by molar-refractivity contribution is 0.102. The van der Waals surface area contributed by atoms with Gasteiger partial charge in [-0.1, -0.05) is 11.3 Å². The van der Waals surface area contributed by atoms with Crippen molar-refractivity contribution in [1.29, 1.82) is 0 Å². The maximum Gasteiger partial charge on any atom is 0.278 e. The lowest BCUT2D eigenvalue weighted by Gasteiger charge is -1.98. The number of H-pyrrole nitrogens is 1. The van der Waals surface area contributed by atoms with E-state index in [4.69, 9.17) is 5.73 Å². The van der Waals surface area contributed by atoms with Crippen LogP contribution in [0.15, 0.2) is 18.2 Å². The molecule has 0 saturated heterocycles. The zero-order chi connectivity index (χ0) is 13.4. The summed E-state index contributed by atoms with van der Waals surface area (Å²) in [5.74, 6) is -0.340. The third kappa shape index (κ3) is 2.13. The highest BCUT2D eigenvalue weighted by molar-refractivity contribution is 7.15. The molecule has 8 heteroatoms. The van der Waals surface area contributed by atoms with Gasteiger partial charge in [0.2, 0.25) is 5.13 Å². The van der Waals surface area contributed by atoms with Crippen molar-refractivity contribution in [2.45, 2.75) is 6.92 Å². The van der Waals surface area contributed by atoms with Gasteiger partial charge in [0.1, 0.15) is 5.01 Å². The third-order valence-electron chi connectivity index (χ3n) is 2.55. The molecule has 0 bridgehead atoms. The van der Waals surface area contributed by atoms with E-state index in [1.165, 1.54) is 11.3 Å². The van der Waals surface area contributed by atoms with Crippen molar-refractivity contribution in [3.8, 4) is 0 Å². The molecule has 3 aromatic rings. The number of aryl methyl sites for hydroxylation is 1. The van der Waals surface area contributed by atoms with E-state index >= 15 is 0 Å². The summed E-state index contributed by atoms with van der Waals surface area (Å²) in [4.78, 5) is 12.1. The number of hydrogen-bond acceptors (Lipinski definition) is 6. The number of aromatic amines is 1. The van der Waals surface area contributed by atoms with Crippen molar-refractivity contribution < 1.29 is 4.79 Å². The van der Waals surface area contributed by atoms with Crippen LogP contribution in [0, 0.1) is 6.92 Å². The first-order chi connectivity index (χ1) is 9.13. The molecule has 3 rings (SSSR count). The maximum absolute atomic E-state index is 12.1. The summed E-state index contributed by atoms with van der Waals surface area (Å²) in [5.41, 5.74) is 7.34. The van der Waals surface area contributed by atoms with Gasteiger partial charge in [-0.25, -0.2) is 0 Å². The summed E-state index contributed by atoms with van der Waals surface area (Å²) in [6.45, 7) is 1.82. The lowest BCUT2D eigenvalue weighted by Crippen LogP contribution is -2.12. The zero-order valence-corrected chi connectivity index (χ0v) is 10.8. The van der Waals surface area contributed by atoms with Crippen LogP contribution in [0.1, 0.15) is 15.5 Å². The molecule has 0 aliphatic rings. The van der Waals surface area contributed by atoms with Gasteiger partial charge in [0.25, 0.3) is 5.91 Å². The third-order valence-corrected chi connectivity index (χ3v) is 3.30. The average molecular weight is 274 g/mol. The molecule has 0 atom stereocenters. The number of hydrogen-bond donors (Lipinski definition) is 3. The van der Waals surface area contributed by atoms with Gasteiger partial charge in [-0.15, -0.1) is 10.2 Å². The smallest absolute Gasteiger partial charge is 0.278 e. The summed E-state index contributed by atoms with van der Waals surface area (Å²) in [7, 11) is 0. The van der Waals surface area contributed by atoms with Crippen molar-refractivity contribution in [3.63, 3.8) is 0 Å². The number of carbonyl (C=O) groups excluding carboxylic acids is 1. The van der Waals surface area contributed by atoms with Gasteiger partial charge in [0.15, 0.2) is 5.69 Å². The Morgan fingerprint density at radius 3 is 3.00 bits per heavy atom. The van der Waals surface area contributed by atoms with Crippen LogP contribution in [-0.2, 0) is 0 Å². The first-order valence-electron chi connectivity index (χ1n) is 5.48. The molecular weight excluding hydrogens is 264 g/mol. The van der Waals surface area contributed by atoms with Gasteiger partial charge in [-0.2, -0.15) is 5.10 Å². The number of carbonyl (C=O) groups is 1. The molecule has 2 heterocycles. The molecule has 0 spiro atoms. The van der Waals surface area contributed by atoms with Crippen LogP contribution in [0.25, 0.3) is 10.9 Å². The Morgan fingerprint density at radius 1 is 1.42 bits per heavy atom. The van der Waals surface area contributed by atoms with E-state index in [0.717, 1.165) is 10.5 Å². The molecule has 0 aliphatic heterocycles. The molecule has 0 saturated carbocycles. The van der Waals surface area contributed by atoms with Crippen LogP contribution >= 0.6 is 11.3 Å². The molecule has 0 aliphatic carbocycles. The minimum atomic E-state index is -0.340. The number of rotatable bonds is 2. The molecule has 4 N–H and O–H groups in total. The topological polar surface area (TPSA) is 110 Å². The number of nitrogens with two attached hydrogens (primary N) is 1. The number of benzene rings is 1. The predicted octanol–water partition coefficient (Wildman–Crippen LogP) is 1.56. The van der Waals surface area contributed by atoms with Crippen LogP contribution in [0.3, 0.4) is 0 Å². The number of aromatic nitrogens is 4. The monoisotopic (exact) mass is 274 g/mol. The van der Waals surface area contributed by atoms with Gasteiger partial charge in [-0.3, -0.25) is 15.2 Å². The number of fused-ring (bicyclic) bond motifs is 1. The fourth-order valence-corrected chi connectivity index (χ4v) is 2.29. The number of amides is 1. The Bertz CT molecular complexity index is 761. The van der Waals surface area contributed by atoms with Crippen LogP contribution in [0.4, 0.5) is 10.8 Å². The summed E-state index contributed by atoms with van der Waals surface area (Å²) in [6, 6.07) is 5.24. The Morgan fingerprint density at radius 2 is 2.26 bits per heavy atom. The second-order valence-corrected chi connectivity index (χ2v) is 5.14. The van der Waals surface area contributed by atoms with Crippen molar-refractivity contribution in [1.82, 2.24) is 20.4 Å². The minimum Gasteiger partial charge on any atom is -0.399 e. The van der Waals surface area contributed by atoms with Gasteiger partial charge in [0.05, 0.1) is 5.52 Å². The van der Waals surface area contributed by atoms with Crippen LogP contribution in [-0.4, -0.2) is 26.3 Å². The quantitative estimate of drug-likeness (QED) is 0.614. The van der Waals surface area contributed by atoms with Crippen molar-refractivity contribution >= 4 is 39.0 Å². The molecule has 0 radical (unpaired) electrons. The highest BCUT2D eigenvalue weighted by atomic mass is 32.1. The number of nitrogens with zero attached hydrogens (tertiary/aromatic N) is 3. The van der Waals surface area contributed by atoms with E-state index in [0.29, 0.717) is 16.2 Å². The highest BCUT2D eigenvalue weighted by Gasteiger charge is 2.16. The molecule has 96 valence electrons. The van der Waals surface area contributed by atoms with E-state index < -0.39 is 0 Å². The maximum atomic E-state index is 12.1. The molecule has 0 unspecified atom stereocenters. The number of nitrogens with one attached hydrogen (secondary N) is 2. The second-order valence-electron chi connectivity index (χ2n) is 3.96. The number of nitrogen functional groups attached to an aromatic ring is 1. The molecule has 19 heavy (non-hydrogen) atoms. The summed E-state index contributed by atoms with van der Waals surface area (Å²) in [5, 5.41) is 19.0. The molecule has 2 aromatic heterocycles. The van der Waals surface area contributed by atoms with E-state index in [2.05, 4.69) is 25.7 Å². The van der Waals surface area contributed by atoms with Crippen molar-refractivity contribution in [3.05, 3.63) is 28.9 Å². The van der Waals surface area contributed by atoms with Gasteiger partial charge >= 0.3 is 0 Å². The van der Waals surface area contributed by atoms with Crippen LogP contribution < -0.4 is 11.1 Å². The Kier molecular flexibility index (Phi) is 2.64. The lowest BCUT2D eigenvalue weighted by atomic mass is 10.2. The molecule has 7 nitrogen and oxygen atoms in total. The molecule has 1 aromatic carbocycles. The fourth-order valence-electron chi connectivity index (χ4n) is 1.71. The Labute approximate surface area is 111 Å². The minimum absolute atomic E-state index is 0.287. The van der Waals surface area contributed by atoms with Crippen molar-refractivity contribution in [2.75, 3.05) is 11.1 Å². The molecule has 1 amide bonds. The van der Waals surface area contributed by atoms with Gasteiger partial charge < -0.3 is 5.73 Å². The Balaban J connectivity index is 1.95. The highest BCUT2D eigenvalue weighted by Crippen LogP contribution is 2.21. The zero-order valence-electron chi connectivity index (χ0n) is 9.97. The van der Waals surface area contributed by atoms with E-state index in [9.17, 15) is 4.79 Å². The first kappa shape index (κ1) is 11.6. The van der Waals surface area contributed by atoms with E-state index in [1.54, 1.807) is 18.2 Å². The normalized spacial score (nSPS) is 10.8. The standard InChI is InChI=1S/C11H10N6OS/c1-5-14-17-11(19-5)13-10(18)9-7-4-6(12)2-3-8(7)15-16-9/h2-4H,12H2,1H3,(H,15,16)(H,13,17,18). The Hall–Kier alpha value is -2.48. The van der Waals surface area contributed by atoms with Crippen LogP contribution in [0.5, 0.6) is 0 Å². The predicted molar refractivity (Wildman–Crippen MR) is 73.1 cm³/mol. The van der Waals surface area contributed by atoms with Gasteiger partial charge in [-0.05, 0) is 25.1 Å².